The number of aromatic hydroxyl groups is 3. The average molecular weight is 199 g/mol. The summed E-state index contributed by atoms with van der Waals surface area (Å²) in [5.74, 6) is -1.52. The van der Waals surface area contributed by atoms with Gasteiger partial charge in [0.1, 0.15) is 0 Å². The molecule has 0 amide bonds. The van der Waals surface area contributed by atoms with Crippen molar-refractivity contribution in [3.63, 3.8) is 0 Å². The molecule has 0 saturated carbocycles. The molecule has 78 valence electrons. The van der Waals surface area contributed by atoms with Crippen LogP contribution < -0.4 is 5.73 Å². The Balaban J connectivity index is 3.12. The minimum atomic E-state index is -0.807. The lowest BCUT2D eigenvalue weighted by molar-refractivity contribution is 0.164. The molecule has 0 aliphatic rings. The molecule has 2 atom stereocenters. The Kier molecular flexibility index (Phi) is 2.83. The van der Waals surface area contributed by atoms with Gasteiger partial charge in [-0.1, -0.05) is 0 Å². The number of hydrogen-bond donors (Lipinski definition) is 5. The van der Waals surface area contributed by atoms with Gasteiger partial charge in [0, 0.05) is 0 Å². The highest BCUT2D eigenvalue weighted by molar-refractivity contribution is 5.51. The zero-order valence-corrected chi connectivity index (χ0v) is 7.68. The van der Waals surface area contributed by atoms with Crippen molar-refractivity contribution >= 4 is 0 Å². The maximum atomic E-state index is 9.17. The molecule has 0 spiro atoms. The molecule has 1 aromatic rings. The summed E-state index contributed by atoms with van der Waals surface area (Å²) in [6.07, 6.45) is -0.807. The monoisotopic (exact) mass is 199 g/mol. The number of phenolic OH excluding ortho intramolecular Hbond substituents is 3. The molecule has 0 heterocycles. The van der Waals surface area contributed by atoms with Crippen LogP contribution >= 0.6 is 0 Å². The van der Waals surface area contributed by atoms with Gasteiger partial charge in [0.2, 0.25) is 0 Å². The molecule has 0 unspecified atom stereocenters. The second-order valence-electron chi connectivity index (χ2n) is 3.17. The average Bonchev–Trinajstić information content (AvgIpc) is 2.12. The van der Waals surface area contributed by atoms with Crippen LogP contribution in [0.1, 0.15) is 18.5 Å². The Morgan fingerprint density at radius 2 is 1.57 bits per heavy atom. The van der Waals surface area contributed by atoms with Crippen LogP contribution in [0.3, 0.4) is 0 Å². The normalized spacial score (nSPS) is 15.1. The number of rotatable bonds is 2. The van der Waals surface area contributed by atoms with E-state index in [0.717, 1.165) is 0 Å². The van der Waals surface area contributed by atoms with Gasteiger partial charge in [0.15, 0.2) is 17.2 Å². The van der Waals surface area contributed by atoms with Crippen molar-refractivity contribution in [2.45, 2.75) is 19.1 Å². The van der Waals surface area contributed by atoms with Gasteiger partial charge in [-0.25, -0.2) is 0 Å². The standard InChI is InChI=1S/C9H13NO4/c1-4(11)8(10)5-2-6(12)9(14)7(13)3-5/h2-4,8,11-14H,10H2,1H3/t4-,8+/m1/s1. The molecular weight excluding hydrogens is 186 g/mol. The van der Waals surface area contributed by atoms with Gasteiger partial charge < -0.3 is 26.2 Å². The molecule has 0 aromatic heterocycles. The lowest BCUT2D eigenvalue weighted by atomic mass is 10.0. The third-order valence-corrected chi connectivity index (χ3v) is 2.00. The molecule has 0 saturated heterocycles. The molecule has 6 N–H and O–H groups in total. The summed E-state index contributed by atoms with van der Waals surface area (Å²) in [7, 11) is 0. The Hall–Kier alpha value is -1.46. The van der Waals surface area contributed by atoms with Crippen LogP contribution in [-0.2, 0) is 0 Å². The molecule has 0 bridgehead atoms. The predicted molar refractivity (Wildman–Crippen MR) is 50.0 cm³/mol. The van der Waals surface area contributed by atoms with Crippen LogP contribution in [0, 0.1) is 0 Å². The number of aliphatic hydroxyl groups is 1. The number of hydrogen-bond acceptors (Lipinski definition) is 5. The molecule has 1 aromatic carbocycles. The van der Waals surface area contributed by atoms with Crippen molar-refractivity contribution in [2.75, 3.05) is 0 Å². The second kappa shape index (κ2) is 3.73. The summed E-state index contributed by atoms with van der Waals surface area (Å²) in [5, 5.41) is 36.6. The first kappa shape index (κ1) is 10.6. The first-order valence-corrected chi connectivity index (χ1v) is 4.12. The maximum Gasteiger partial charge on any atom is 0.200 e. The van der Waals surface area contributed by atoms with Gasteiger partial charge in [-0.2, -0.15) is 0 Å². The summed E-state index contributed by atoms with van der Waals surface area (Å²) in [5.41, 5.74) is 5.93. The van der Waals surface area contributed by atoms with Crippen LogP contribution in [-0.4, -0.2) is 26.5 Å². The van der Waals surface area contributed by atoms with E-state index in [1.54, 1.807) is 0 Å². The highest BCUT2D eigenvalue weighted by atomic mass is 16.3. The van der Waals surface area contributed by atoms with E-state index in [-0.39, 0.29) is 0 Å². The molecule has 0 fully saturated rings. The van der Waals surface area contributed by atoms with Crippen LogP contribution in [0.25, 0.3) is 0 Å². The number of benzene rings is 1. The fourth-order valence-electron chi connectivity index (χ4n) is 1.10. The summed E-state index contributed by atoms with van der Waals surface area (Å²) in [6, 6.07) is 1.69. The Morgan fingerprint density at radius 1 is 1.14 bits per heavy atom. The highest BCUT2D eigenvalue weighted by Crippen LogP contribution is 2.37. The number of phenols is 3. The van der Waals surface area contributed by atoms with Crippen molar-refractivity contribution in [1.29, 1.82) is 0 Å². The van der Waals surface area contributed by atoms with Gasteiger partial charge in [0.05, 0.1) is 12.1 Å². The van der Waals surface area contributed by atoms with Crippen molar-refractivity contribution < 1.29 is 20.4 Å². The van der Waals surface area contributed by atoms with E-state index in [2.05, 4.69) is 0 Å². The van der Waals surface area contributed by atoms with Crippen LogP contribution in [0.2, 0.25) is 0 Å². The zero-order chi connectivity index (χ0) is 10.9. The maximum absolute atomic E-state index is 9.17. The van der Waals surface area contributed by atoms with Crippen LogP contribution in [0.5, 0.6) is 17.2 Å². The van der Waals surface area contributed by atoms with Gasteiger partial charge >= 0.3 is 0 Å². The quantitative estimate of drug-likeness (QED) is 0.437. The number of nitrogens with two attached hydrogens (primary N) is 1. The zero-order valence-electron chi connectivity index (χ0n) is 7.68. The van der Waals surface area contributed by atoms with Crippen LogP contribution in [0.4, 0.5) is 0 Å². The van der Waals surface area contributed by atoms with E-state index in [9.17, 15) is 5.11 Å². The van der Waals surface area contributed by atoms with E-state index in [4.69, 9.17) is 21.1 Å². The summed E-state index contributed by atoms with van der Waals surface area (Å²) >= 11 is 0. The van der Waals surface area contributed by atoms with Gasteiger partial charge in [-0.05, 0) is 24.6 Å². The first-order valence-electron chi connectivity index (χ1n) is 4.12. The Labute approximate surface area is 81.0 Å². The van der Waals surface area contributed by atoms with E-state index in [1.807, 2.05) is 0 Å². The third kappa shape index (κ3) is 1.89. The van der Waals surface area contributed by atoms with E-state index in [0.29, 0.717) is 5.56 Å². The summed E-state index contributed by atoms with van der Waals surface area (Å²) in [6.45, 7) is 1.49. The van der Waals surface area contributed by atoms with Gasteiger partial charge in [0.25, 0.3) is 0 Å². The smallest absolute Gasteiger partial charge is 0.200 e. The lowest BCUT2D eigenvalue weighted by Gasteiger charge is -2.15. The van der Waals surface area contributed by atoms with Gasteiger partial charge in [-0.15, -0.1) is 0 Å². The lowest BCUT2D eigenvalue weighted by Crippen LogP contribution is -2.22. The highest BCUT2D eigenvalue weighted by Gasteiger charge is 2.16. The fourth-order valence-corrected chi connectivity index (χ4v) is 1.10. The van der Waals surface area contributed by atoms with E-state index < -0.39 is 29.4 Å². The molecule has 0 radical (unpaired) electrons. The largest absolute Gasteiger partial charge is 0.504 e. The Bertz CT molecular complexity index is 315. The Morgan fingerprint density at radius 3 is 1.93 bits per heavy atom. The van der Waals surface area contributed by atoms with Crippen molar-refractivity contribution in [3.8, 4) is 17.2 Å². The minimum absolute atomic E-state index is 0.354. The van der Waals surface area contributed by atoms with E-state index >= 15 is 0 Å². The first-order chi connectivity index (χ1) is 6.43. The third-order valence-electron chi connectivity index (χ3n) is 2.00. The molecular formula is C9H13NO4. The molecule has 5 nitrogen and oxygen atoms in total. The van der Waals surface area contributed by atoms with Crippen LogP contribution in [0.15, 0.2) is 12.1 Å². The van der Waals surface area contributed by atoms with E-state index in [1.165, 1.54) is 19.1 Å². The van der Waals surface area contributed by atoms with Gasteiger partial charge in [-0.3, -0.25) is 0 Å². The summed E-state index contributed by atoms with van der Waals surface area (Å²) < 4.78 is 0. The SMILES string of the molecule is C[C@@H](O)[C@H](N)c1cc(O)c(O)c(O)c1. The topological polar surface area (TPSA) is 107 Å². The minimum Gasteiger partial charge on any atom is -0.504 e. The molecule has 1 rings (SSSR count). The molecule has 0 aliphatic carbocycles. The molecule has 0 aliphatic heterocycles. The summed E-state index contributed by atoms with van der Waals surface area (Å²) in [4.78, 5) is 0. The van der Waals surface area contributed by atoms with Crippen molar-refractivity contribution in [2.24, 2.45) is 5.73 Å². The van der Waals surface area contributed by atoms with Crippen molar-refractivity contribution in [1.82, 2.24) is 0 Å². The second-order valence-corrected chi connectivity index (χ2v) is 3.17. The fraction of sp³-hybridized carbons (Fsp3) is 0.333. The van der Waals surface area contributed by atoms with Crippen molar-refractivity contribution in [3.05, 3.63) is 17.7 Å². The molecule has 14 heavy (non-hydrogen) atoms. The number of aliphatic hydroxyl groups excluding tert-OH is 1. The predicted octanol–water partition coefficient (Wildman–Crippen LogP) is 0.184. The molecule has 5 heteroatoms.